The summed E-state index contributed by atoms with van der Waals surface area (Å²) in [5.74, 6) is 2.64. The largest absolute Gasteiger partial charge is 0.207 e. The van der Waals surface area contributed by atoms with E-state index in [4.69, 9.17) is 0 Å². The van der Waals surface area contributed by atoms with Gasteiger partial charge in [-0.15, -0.1) is 0 Å². The summed E-state index contributed by atoms with van der Waals surface area (Å²) in [5, 5.41) is 0. The Morgan fingerprint density at radius 1 is 1.05 bits per heavy atom. The number of halogens is 1. The highest BCUT2D eigenvalue weighted by Crippen LogP contribution is 2.35. The number of benzene rings is 1. The van der Waals surface area contributed by atoms with Gasteiger partial charge in [0.15, 0.2) is 0 Å². The molecule has 1 aromatic carbocycles. The first kappa shape index (κ1) is 14.6. The van der Waals surface area contributed by atoms with E-state index in [2.05, 4.69) is 13.8 Å². The Morgan fingerprint density at radius 2 is 1.68 bits per heavy atom. The fourth-order valence-electron chi connectivity index (χ4n) is 3.39. The Labute approximate surface area is 117 Å². The summed E-state index contributed by atoms with van der Waals surface area (Å²) in [7, 11) is 0. The number of rotatable bonds is 5. The molecule has 0 amide bonds. The van der Waals surface area contributed by atoms with Gasteiger partial charge < -0.3 is 0 Å². The van der Waals surface area contributed by atoms with Crippen molar-refractivity contribution in [3.05, 3.63) is 35.6 Å². The molecule has 0 atom stereocenters. The van der Waals surface area contributed by atoms with Crippen LogP contribution >= 0.6 is 0 Å². The first-order valence-electron chi connectivity index (χ1n) is 7.89. The van der Waals surface area contributed by atoms with Crippen molar-refractivity contribution in [2.75, 3.05) is 0 Å². The van der Waals surface area contributed by atoms with Crippen molar-refractivity contribution >= 4 is 0 Å². The third-order valence-electron chi connectivity index (χ3n) is 4.83. The van der Waals surface area contributed by atoms with Gasteiger partial charge in [-0.05, 0) is 61.1 Å². The Balaban J connectivity index is 1.65. The van der Waals surface area contributed by atoms with Crippen LogP contribution in [0.2, 0.25) is 0 Å². The lowest BCUT2D eigenvalue weighted by Crippen LogP contribution is -2.18. The van der Waals surface area contributed by atoms with Gasteiger partial charge in [0.2, 0.25) is 0 Å². The Bertz CT molecular complexity index is 358. The molecule has 1 heteroatoms. The second-order valence-corrected chi connectivity index (χ2v) is 6.54. The van der Waals surface area contributed by atoms with Crippen molar-refractivity contribution in [3.63, 3.8) is 0 Å². The van der Waals surface area contributed by atoms with Gasteiger partial charge in [-0.25, -0.2) is 4.39 Å². The molecule has 0 N–H and O–H groups in total. The smallest absolute Gasteiger partial charge is 0.123 e. The molecule has 0 aromatic heterocycles. The van der Waals surface area contributed by atoms with Crippen LogP contribution in [-0.4, -0.2) is 0 Å². The van der Waals surface area contributed by atoms with Crippen LogP contribution in [0.4, 0.5) is 4.39 Å². The maximum atomic E-state index is 12.8. The Morgan fingerprint density at radius 3 is 2.26 bits per heavy atom. The summed E-state index contributed by atoms with van der Waals surface area (Å²) in [5.41, 5.74) is 1.28. The van der Waals surface area contributed by atoms with Crippen molar-refractivity contribution < 1.29 is 4.39 Å². The molecule has 2 rings (SSSR count). The second kappa shape index (κ2) is 7.07. The highest BCUT2D eigenvalue weighted by molar-refractivity contribution is 5.15. The number of aryl methyl sites for hydroxylation is 1. The van der Waals surface area contributed by atoms with Crippen LogP contribution in [0.5, 0.6) is 0 Å². The second-order valence-electron chi connectivity index (χ2n) is 6.54. The van der Waals surface area contributed by atoms with Crippen molar-refractivity contribution in [1.82, 2.24) is 0 Å². The molecule has 0 saturated heterocycles. The molecule has 0 aliphatic heterocycles. The SMILES string of the molecule is CC(C)C1CCC(CCCc2ccc(F)cc2)CC1. The average Bonchev–Trinajstić information content (AvgIpc) is 2.41. The van der Waals surface area contributed by atoms with Gasteiger partial charge in [0.25, 0.3) is 0 Å². The predicted octanol–water partition coefficient (Wildman–Crippen LogP) is 5.61. The van der Waals surface area contributed by atoms with E-state index in [0.717, 1.165) is 24.2 Å². The van der Waals surface area contributed by atoms with E-state index in [1.54, 1.807) is 12.1 Å². The standard InChI is InChI=1S/C18H27F/c1-14(2)17-10-6-15(7-11-17)4-3-5-16-8-12-18(19)13-9-16/h8-9,12-15,17H,3-7,10-11H2,1-2H3. The number of hydrogen-bond donors (Lipinski definition) is 0. The van der Waals surface area contributed by atoms with Crippen molar-refractivity contribution in [1.29, 1.82) is 0 Å². The lowest BCUT2D eigenvalue weighted by molar-refractivity contribution is 0.215. The number of hydrogen-bond acceptors (Lipinski definition) is 0. The first-order chi connectivity index (χ1) is 9.15. The Hall–Kier alpha value is -0.850. The zero-order valence-corrected chi connectivity index (χ0v) is 12.4. The van der Waals surface area contributed by atoms with Gasteiger partial charge in [0, 0.05) is 0 Å². The normalized spacial score (nSPS) is 23.8. The quantitative estimate of drug-likeness (QED) is 0.647. The zero-order chi connectivity index (χ0) is 13.7. The summed E-state index contributed by atoms with van der Waals surface area (Å²) < 4.78 is 12.8. The van der Waals surface area contributed by atoms with Crippen LogP contribution in [0.1, 0.15) is 57.9 Å². The molecule has 0 radical (unpaired) electrons. The zero-order valence-electron chi connectivity index (χ0n) is 12.4. The fourth-order valence-corrected chi connectivity index (χ4v) is 3.39. The molecule has 1 aromatic rings. The maximum Gasteiger partial charge on any atom is 0.123 e. The lowest BCUT2D eigenvalue weighted by atomic mass is 9.75. The van der Waals surface area contributed by atoms with Gasteiger partial charge in [-0.1, -0.05) is 45.2 Å². The summed E-state index contributed by atoms with van der Waals surface area (Å²) >= 11 is 0. The van der Waals surface area contributed by atoms with Gasteiger partial charge in [0.05, 0.1) is 0 Å². The third-order valence-corrected chi connectivity index (χ3v) is 4.83. The fraction of sp³-hybridized carbons (Fsp3) is 0.667. The predicted molar refractivity (Wildman–Crippen MR) is 79.6 cm³/mol. The topological polar surface area (TPSA) is 0 Å². The van der Waals surface area contributed by atoms with Gasteiger partial charge >= 0.3 is 0 Å². The molecule has 0 spiro atoms. The van der Waals surface area contributed by atoms with Crippen LogP contribution in [-0.2, 0) is 6.42 Å². The average molecular weight is 262 g/mol. The molecule has 0 bridgehead atoms. The molecule has 1 aliphatic rings. The molecule has 1 aliphatic carbocycles. The summed E-state index contributed by atoms with van der Waals surface area (Å²) in [6.07, 6.45) is 9.41. The van der Waals surface area contributed by atoms with E-state index in [-0.39, 0.29) is 5.82 Å². The molecule has 106 valence electrons. The van der Waals surface area contributed by atoms with E-state index in [1.807, 2.05) is 12.1 Å². The van der Waals surface area contributed by atoms with Crippen LogP contribution in [0, 0.1) is 23.6 Å². The van der Waals surface area contributed by atoms with Crippen LogP contribution in [0.3, 0.4) is 0 Å². The summed E-state index contributed by atoms with van der Waals surface area (Å²) in [6, 6.07) is 6.99. The van der Waals surface area contributed by atoms with E-state index in [1.165, 1.54) is 44.1 Å². The highest BCUT2D eigenvalue weighted by atomic mass is 19.1. The van der Waals surface area contributed by atoms with Crippen LogP contribution in [0.15, 0.2) is 24.3 Å². The summed E-state index contributed by atoms with van der Waals surface area (Å²) in [6.45, 7) is 4.72. The molecule has 1 saturated carbocycles. The van der Waals surface area contributed by atoms with Crippen molar-refractivity contribution in [3.8, 4) is 0 Å². The molecule has 0 heterocycles. The van der Waals surface area contributed by atoms with Crippen molar-refractivity contribution in [2.24, 2.45) is 17.8 Å². The van der Waals surface area contributed by atoms with Gasteiger partial charge in [0.1, 0.15) is 5.82 Å². The van der Waals surface area contributed by atoms with Crippen LogP contribution in [0.25, 0.3) is 0 Å². The summed E-state index contributed by atoms with van der Waals surface area (Å²) in [4.78, 5) is 0. The van der Waals surface area contributed by atoms with E-state index in [9.17, 15) is 4.39 Å². The minimum Gasteiger partial charge on any atom is -0.207 e. The van der Waals surface area contributed by atoms with E-state index < -0.39 is 0 Å². The molecular weight excluding hydrogens is 235 g/mol. The third kappa shape index (κ3) is 4.63. The molecular formula is C18H27F. The lowest BCUT2D eigenvalue weighted by Gasteiger charge is -2.30. The minimum absolute atomic E-state index is 0.129. The van der Waals surface area contributed by atoms with Gasteiger partial charge in [-0.2, -0.15) is 0 Å². The maximum absolute atomic E-state index is 12.8. The van der Waals surface area contributed by atoms with E-state index in [0.29, 0.717) is 0 Å². The minimum atomic E-state index is -0.129. The molecule has 19 heavy (non-hydrogen) atoms. The van der Waals surface area contributed by atoms with Crippen LogP contribution < -0.4 is 0 Å². The molecule has 0 unspecified atom stereocenters. The van der Waals surface area contributed by atoms with E-state index >= 15 is 0 Å². The Kier molecular flexibility index (Phi) is 5.42. The first-order valence-corrected chi connectivity index (χ1v) is 7.89. The monoisotopic (exact) mass is 262 g/mol. The molecule has 1 fully saturated rings. The van der Waals surface area contributed by atoms with Crippen molar-refractivity contribution in [2.45, 2.75) is 58.8 Å². The highest BCUT2D eigenvalue weighted by Gasteiger charge is 2.22. The van der Waals surface area contributed by atoms with Gasteiger partial charge in [-0.3, -0.25) is 0 Å². The molecule has 0 nitrogen and oxygen atoms in total.